The summed E-state index contributed by atoms with van der Waals surface area (Å²) in [7, 11) is 0. The molecular formula is C7H19OP. The van der Waals surface area contributed by atoms with Gasteiger partial charge in [0.2, 0.25) is 0 Å². The Morgan fingerprint density at radius 2 is 1.67 bits per heavy atom. The molecule has 0 aliphatic heterocycles. The molecule has 0 aliphatic carbocycles. The van der Waals surface area contributed by atoms with E-state index in [1.54, 1.807) is 0 Å². The molecule has 9 heavy (non-hydrogen) atoms. The summed E-state index contributed by atoms with van der Waals surface area (Å²) < 4.78 is 0. The molecule has 0 atom stereocenters. The van der Waals surface area contributed by atoms with Crippen LogP contribution >= 0.6 is 6.83 Å². The summed E-state index contributed by atoms with van der Waals surface area (Å²) in [6.45, 7) is 6.03. The first-order valence-corrected chi connectivity index (χ1v) is 7.28. The third-order valence-corrected chi connectivity index (χ3v) is 3.14. The first-order valence-electron chi connectivity index (χ1n) is 3.56. The second-order valence-corrected chi connectivity index (χ2v) is 10.6. The third-order valence-electron chi connectivity index (χ3n) is 1.28. The fourth-order valence-electron chi connectivity index (χ4n) is 0.703. The van der Waals surface area contributed by atoms with Gasteiger partial charge >= 0.3 is 57.6 Å². The van der Waals surface area contributed by atoms with Crippen LogP contribution in [0.15, 0.2) is 0 Å². The maximum atomic E-state index is 9.74. The van der Waals surface area contributed by atoms with Crippen molar-refractivity contribution in [1.29, 1.82) is 0 Å². The van der Waals surface area contributed by atoms with Crippen LogP contribution in [0.4, 0.5) is 0 Å². The maximum absolute atomic E-state index is 9.74. The average Bonchev–Trinajstić information content (AvgIpc) is 1.57. The molecule has 0 aromatic rings. The molecule has 0 heterocycles. The van der Waals surface area contributed by atoms with E-state index in [4.69, 9.17) is 0 Å². The number of hydrogen-bond donors (Lipinski definition) is 1. The quantitative estimate of drug-likeness (QED) is 0.611. The van der Waals surface area contributed by atoms with E-state index in [0.717, 1.165) is 12.6 Å². The van der Waals surface area contributed by atoms with Crippen LogP contribution in [-0.4, -0.2) is 31.0 Å². The topological polar surface area (TPSA) is 20.2 Å². The Morgan fingerprint density at radius 1 is 1.22 bits per heavy atom. The van der Waals surface area contributed by atoms with Crippen molar-refractivity contribution in [3.05, 3.63) is 0 Å². The van der Waals surface area contributed by atoms with E-state index in [-0.39, 0.29) is 0 Å². The minimum absolute atomic E-state index is 1.02. The van der Waals surface area contributed by atoms with Gasteiger partial charge in [-0.25, -0.2) is 0 Å². The Bertz CT molecular complexity index is 81.6. The molecule has 0 saturated carbocycles. The van der Waals surface area contributed by atoms with Crippen LogP contribution in [0.5, 0.6) is 0 Å². The van der Waals surface area contributed by atoms with Crippen molar-refractivity contribution in [1.82, 2.24) is 0 Å². The zero-order valence-electron chi connectivity index (χ0n) is 7.02. The summed E-state index contributed by atoms with van der Waals surface area (Å²) in [6.07, 6.45) is 3.37. The van der Waals surface area contributed by atoms with Crippen molar-refractivity contribution < 1.29 is 4.89 Å². The molecule has 0 aromatic heterocycles. The molecule has 0 aliphatic rings. The molecule has 0 bridgehead atoms. The second-order valence-electron chi connectivity index (χ2n) is 4.11. The Balaban J connectivity index is 3.60. The van der Waals surface area contributed by atoms with E-state index in [2.05, 4.69) is 6.92 Å². The molecule has 0 aromatic carbocycles. The van der Waals surface area contributed by atoms with Crippen LogP contribution in [0.3, 0.4) is 0 Å². The molecule has 0 amide bonds. The van der Waals surface area contributed by atoms with Crippen LogP contribution in [0.25, 0.3) is 0 Å². The molecular weight excluding hydrogens is 131 g/mol. The molecule has 2 heteroatoms. The van der Waals surface area contributed by atoms with Gasteiger partial charge in [0.1, 0.15) is 0 Å². The Hall–Kier alpha value is 0.390. The molecule has 0 rings (SSSR count). The van der Waals surface area contributed by atoms with Gasteiger partial charge in [-0.1, -0.05) is 0 Å². The SMILES string of the molecule is CCCCP(C)(C)(C)O. The molecule has 58 valence electrons. The number of hydrogen-bond acceptors (Lipinski definition) is 1. The van der Waals surface area contributed by atoms with Gasteiger partial charge in [-0.15, -0.1) is 0 Å². The Morgan fingerprint density at radius 3 is 1.78 bits per heavy atom. The summed E-state index contributed by atoms with van der Waals surface area (Å²) >= 11 is 0. The third kappa shape index (κ3) is 8.39. The van der Waals surface area contributed by atoms with Gasteiger partial charge in [0.15, 0.2) is 0 Å². The molecule has 0 spiro atoms. The summed E-state index contributed by atoms with van der Waals surface area (Å²) in [5, 5.41) is 0. The summed E-state index contributed by atoms with van der Waals surface area (Å²) in [5.74, 6) is 0. The van der Waals surface area contributed by atoms with E-state index in [0.29, 0.717) is 0 Å². The van der Waals surface area contributed by atoms with Crippen LogP contribution in [-0.2, 0) is 0 Å². The number of unbranched alkanes of at least 4 members (excludes halogenated alkanes) is 1. The van der Waals surface area contributed by atoms with Gasteiger partial charge in [0.05, 0.1) is 0 Å². The first-order chi connectivity index (χ1) is 3.81. The Kier molecular flexibility index (Phi) is 2.67. The molecule has 1 nitrogen and oxygen atoms in total. The van der Waals surface area contributed by atoms with E-state index in [1.807, 2.05) is 20.0 Å². The average molecular weight is 150 g/mol. The summed E-state index contributed by atoms with van der Waals surface area (Å²) in [4.78, 5) is 9.74. The van der Waals surface area contributed by atoms with Crippen molar-refractivity contribution in [2.75, 3.05) is 26.2 Å². The minimum atomic E-state index is -2.13. The molecule has 0 fully saturated rings. The monoisotopic (exact) mass is 150 g/mol. The predicted molar refractivity (Wildman–Crippen MR) is 46.7 cm³/mol. The van der Waals surface area contributed by atoms with Gasteiger partial charge in [0, 0.05) is 0 Å². The normalized spacial score (nSPS) is 16.8. The van der Waals surface area contributed by atoms with Crippen molar-refractivity contribution in [3.8, 4) is 0 Å². The van der Waals surface area contributed by atoms with Crippen LogP contribution in [0.2, 0.25) is 0 Å². The van der Waals surface area contributed by atoms with Gasteiger partial charge < -0.3 is 0 Å². The van der Waals surface area contributed by atoms with Gasteiger partial charge in [-0.2, -0.15) is 0 Å². The second kappa shape index (κ2) is 2.56. The van der Waals surface area contributed by atoms with Crippen LogP contribution in [0, 0.1) is 0 Å². The van der Waals surface area contributed by atoms with Gasteiger partial charge in [-0.05, 0) is 0 Å². The molecule has 0 saturated heterocycles. The van der Waals surface area contributed by atoms with Crippen molar-refractivity contribution in [2.24, 2.45) is 0 Å². The molecule has 0 radical (unpaired) electrons. The van der Waals surface area contributed by atoms with Gasteiger partial charge in [0.25, 0.3) is 0 Å². The fraction of sp³-hybridized carbons (Fsp3) is 1.00. The van der Waals surface area contributed by atoms with Crippen molar-refractivity contribution in [3.63, 3.8) is 0 Å². The number of rotatable bonds is 3. The fourth-order valence-corrected chi connectivity index (χ4v) is 2.11. The summed E-state index contributed by atoms with van der Waals surface area (Å²) in [6, 6.07) is 0. The van der Waals surface area contributed by atoms with E-state index >= 15 is 0 Å². The van der Waals surface area contributed by atoms with E-state index in [1.165, 1.54) is 6.42 Å². The zero-order chi connectivity index (χ0) is 7.57. The first kappa shape index (κ1) is 9.39. The summed E-state index contributed by atoms with van der Waals surface area (Å²) in [5.41, 5.74) is 0. The standard InChI is InChI=1S/C7H19OP/c1-5-6-7-9(2,3,4)8/h8H,5-7H2,1-4H3. The van der Waals surface area contributed by atoms with E-state index < -0.39 is 6.83 Å². The van der Waals surface area contributed by atoms with Crippen LogP contribution < -0.4 is 0 Å². The van der Waals surface area contributed by atoms with Crippen LogP contribution in [0.1, 0.15) is 19.8 Å². The van der Waals surface area contributed by atoms with Crippen molar-refractivity contribution >= 4 is 6.83 Å². The molecule has 1 N–H and O–H groups in total. The predicted octanol–water partition coefficient (Wildman–Crippen LogP) is 2.14. The Labute approximate surface area is 58.5 Å². The zero-order valence-corrected chi connectivity index (χ0v) is 7.91. The van der Waals surface area contributed by atoms with Gasteiger partial charge in [-0.3, -0.25) is 0 Å². The van der Waals surface area contributed by atoms with E-state index in [9.17, 15) is 4.89 Å². The van der Waals surface area contributed by atoms with Crippen molar-refractivity contribution in [2.45, 2.75) is 19.8 Å². The molecule has 0 unspecified atom stereocenters.